The van der Waals surface area contributed by atoms with E-state index in [1.807, 2.05) is 6.07 Å². The second kappa shape index (κ2) is 7.36. The first-order valence-corrected chi connectivity index (χ1v) is 7.23. The highest BCUT2D eigenvalue weighted by Crippen LogP contribution is 2.31. The Morgan fingerprint density at radius 3 is 2.71 bits per heavy atom. The van der Waals surface area contributed by atoms with Crippen LogP contribution in [0.4, 0.5) is 0 Å². The Bertz CT molecular complexity index is 743. The number of hydrogen-bond acceptors (Lipinski definition) is 6. The number of nitrogens with one attached hydrogen (secondary N) is 1. The molecule has 0 unspecified atom stereocenters. The molecule has 0 saturated carbocycles. The van der Waals surface area contributed by atoms with Crippen LogP contribution in [0.3, 0.4) is 0 Å². The zero-order chi connectivity index (χ0) is 16.8. The molecule has 0 fully saturated rings. The van der Waals surface area contributed by atoms with E-state index in [0.29, 0.717) is 17.2 Å². The monoisotopic (exact) mass is 328 g/mol. The highest BCUT2D eigenvalue weighted by Gasteiger charge is 2.12. The van der Waals surface area contributed by atoms with E-state index >= 15 is 0 Å². The molecule has 2 aromatic rings. The van der Waals surface area contributed by atoms with Gasteiger partial charge in [0.25, 0.3) is 5.91 Å². The van der Waals surface area contributed by atoms with Crippen molar-refractivity contribution in [1.82, 2.24) is 5.43 Å². The number of amides is 1. The maximum atomic E-state index is 11.7. The van der Waals surface area contributed by atoms with E-state index in [4.69, 9.17) is 18.9 Å². The first-order chi connectivity index (χ1) is 11.7. The molecule has 1 aliphatic rings. The third-order valence-electron chi connectivity index (χ3n) is 3.23. The summed E-state index contributed by atoms with van der Waals surface area (Å²) >= 11 is 0. The van der Waals surface area contributed by atoms with Gasteiger partial charge < -0.3 is 18.9 Å². The van der Waals surface area contributed by atoms with E-state index in [2.05, 4.69) is 10.5 Å². The number of rotatable bonds is 6. The number of fused-ring (bicyclic) bond motifs is 1. The van der Waals surface area contributed by atoms with Gasteiger partial charge in [-0.2, -0.15) is 5.10 Å². The van der Waals surface area contributed by atoms with Gasteiger partial charge in [-0.3, -0.25) is 4.79 Å². The number of hydrazone groups is 1. The first kappa shape index (κ1) is 15.7. The zero-order valence-corrected chi connectivity index (χ0v) is 13.0. The third kappa shape index (κ3) is 3.95. The number of benzene rings is 2. The molecular formula is C17H16N2O5. The Morgan fingerprint density at radius 2 is 1.92 bits per heavy atom. The highest BCUT2D eigenvalue weighted by atomic mass is 16.7. The predicted octanol–water partition coefficient (Wildman–Crippen LogP) is 1.95. The molecule has 0 aromatic heterocycles. The molecular weight excluding hydrogens is 312 g/mol. The van der Waals surface area contributed by atoms with Crippen molar-refractivity contribution in [3.05, 3.63) is 48.0 Å². The maximum Gasteiger partial charge on any atom is 0.277 e. The summed E-state index contributed by atoms with van der Waals surface area (Å²) in [5, 5.41) is 3.89. The van der Waals surface area contributed by atoms with Gasteiger partial charge in [0, 0.05) is 0 Å². The average Bonchev–Trinajstić information content (AvgIpc) is 3.08. The van der Waals surface area contributed by atoms with Crippen LogP contribution in [-0.2, 0) is 4.79 Å². The summed E-state index contributed by atoms with van der Waals surface area (Å²) in [7, 11) is 1.58. The molecule has 0 bridgehead atoms. The minimum Gasteiger partial charge on any atom is -0.497 e. The summed E-state index contributed by atoms with van der Waals surface area (Å²) in [6.07, 6.45) is 1.52. The summed E-state index contributed by atoms with van der Waals surface area (Å²) in [6, 6.07) is 12.3. The van der Waals surface area contributed by atoms with Crippen molar-refractivity contribution in [2.24, 2.45) is 5.10 Å². The summed E-state index contributed by atoms with van der Waals surface area (Å²) in [5.41, 5.74) is 3.19. The maximum absolute atomic E-state index is 11.7. The SMILES string of the molecule is COc1ccc(OCC(=O)N/N=C\c2ccc3c(c2)OCO3)cc1. The second-order valence-electron chi connectivity index (χ2n) is 4.87. The number of methoxy groups -OCH3 is 1. The number of nitrogens with zero attached hydrogens (tertiary/aromatic N) is 1. The average molecular weight is 328 g/mol. The predicted molar refractivity (Wildman–Crippen MR) is 86.8 cm³/mol. The molecule has 0 atom stereocenters. The lowest BCUT2D eigenvalue weighted by atomic mass is 10.2. The van der Waals surface area contributed by atoms with Crippen molar-refractivity contribution < 1.29 is 23.7 Å². The summed E-state index contributed by atoms with van der Waals surface area (Å²) < 4.78 is 20.9. The summed E-state index contributed by atoms with van der Waals surface area (Å²) in [6.45, 7) is 0.0835. The van der Waals surface area contributed by atoms with Crippen molar-refractivity contribution >= 4 is 12.1 Å². The van der Waals surface area contributed by atoms with Gasteiger partial charge in [0.1, 0.15) is 11.5 Å². The molecule has 1 heterocycles. The Hall–Kier alpha value is -3.22. The molecule has 1 aliphatic heterocycles. The van der Waals surface area contributed by atoms with Crippen LogP contribution in [0.15, 0.2) is 47.6 Å². The molecule has 0 saturated heterocycles. The van der Waals surface area contributed by atoms with Gasteiger partial charge in [0.15, 0.2) is 18.1 Å². The Balaban J connectivity index is 1.46. The van der Waals surface area contributed by atoms with Crippen LogP contribution < -0.4 is 24.4 Å². The fraction of sp³-hybridized carbons (Fsp3) is 0.176. The van der Waals surface area contributed by atoms with Crippen molar-refractivity contribution in [3.63, 3.8) is 0 Å². The Morgan fingerprint density at radius 1 is 1.17 bits per heavy atom. The molecule has 124 valence electrons. The van der Waals surface area contributed by atoms with E-state index in [-0.39, 0.29) is 19.3 Å². The van der Waals surface area contributed by atoms with E-state index < -0.39 is 0 Å². The minimum absolute atomic E-state index is 0.134. The van der Waals surface area contributed by atoms with Gasteiger partial charge in [0.05, 0.1) is 13.3 Å². The largest absolute Gasteiger partial charge is 0.497 e. The van der Waals surface area contributed by atoms with Gasteiger partial charge in [-0.25, -0.2) is 5.43 Å². The van der Waals surface area contributed by atoms with Crippen molar-refractivity contribution in [2.75, 3.05) is 20.5 Å². The van der Waals surface area contributed by atoms with Crippen molar-refractivity contribution in [3.8, 4) is 23.0 Å². The van der Waals surface area contributed by atoms with Gasteiger partial charge in [0.2, 0.25) is 6.79 Å². The fourth-order valence-electron chi connectivity index (χ4n) is 2.03. The van der Waals surface area contributed by atoms with Gasteiger partial charge in [-0.05, 0) is 48.0 Å². The highest BCUT2D eigenvalue weighted by molar-refractivity contribution is 5.83. The number of carbonyl (C=O) groups is 1. The molecule has 7 heteroatoms. The standard InChI is InChI=1S/C17H16N2O5/c1-21-13-3-5-14(6-4-13)22-10-17(20)19-18-9-12-2-7-15-16(8-12)24-11-23-15/h2-9H,10-11H2,1H3,(H,19,20)/b18-9-. The molecule has 3 rings (SSSR count). The lowest BCUT2D eigenvalue weighted by Gasteiger charge is -2.05. The van der Waals surface area contributed by atoms with Crippen LogP contribution >= 0.6 is 0 Å². The van der Waals surface area contributed by atoms with Crippen LogP contribution in [0.1, 0.15) is 5.56 Å². The lowest BCUT2D eigenvalue weighted by molar-refractivity contribution is -0.123. The van der Waals surface area contributed by atoms with E-state index in [1.54, 1.807) is 43.5 Å². The third-order valence-corrected chi connectivity index (χ3v) is 3.23. The molecule has 2 aromatic carbocycles. The summed E-state index contributed by atoms with van der Waals surface area (Å²) in [5.74, 6) is 2.30. The Labute approximate surface area is 138 Å². The second-order valence-corrected chi connectivity index (χ2v) is 4.87. The zero-order valence-electron chi connectivity index (χ0n) is 13.0. The number of hydrogen-bond donors (Lipinski definition) is 1. The van der Waals surface area contributed by atoms with E-state index in [9.17, 15) is 4.79 Å². The Kier molecular flexibility index (Phi) is 4.81. The molecule has 7 nitrogen and oxygen atoms in total. The van der Waals surface area contributed by atoms with Gasteiger partial charge in [-0.15, -0.1) is 0 Å². The molecule has 1 N–H and O–H groups in total. The van der Waals surface area contributed by atoms with Gasteiger partial charge in [-0.1, -0.05) is 0 Å². The molecule has 0 radical (unpaired) electrons. The van der Waals surface area contributed by atoms with E-state index in [1.165, 1.54) is 6.21 Å². The van der Waals surface area contributed by atoms with Crippen LogP contribution in [0, 0.1) is 0 Å². The quantitative estimate of drug-likeness (QED) is 0.648. The van der Waals surface area contributed by atoms with Crippen LogP contribution in [0.25, 0.3) is 0 Å². The molecule has 1 amide bonds. The van der Waals surface area contributed by atoms with E-state index in [0.717, 1.165) is 11.3 Å². The number of carbonyl (C=O) groups excluding carboxylic acids is 1. The fourth-order valence-corrected chi connectivity index (χ4v) is 2.03. The van der Waals surface area contributed by atoms with Gasteiger partial charge >= 0.3 is 0 Å². The summed E-state index contributed by atoms with van der Waals surface area (Å²) in [4.78, 5) is 11.7. The van der Waals surface area contributed by atoms with Crippen LogP contribution in [0.2, 0.25) is 0 Å². The molecule has 24 heavy (non-hydrogen) atoms. The first-order valence-electron chi connectivity index (χ1n) is 7.23. The minimum atomic E-state index is -0.359. The molecule has 0 spiro atoms. The van der Waals surface area contributed by atoms with Crippen molar-refractivity contribution in [2.45, 2.75) is 0 Å². The smallest absolute Gasteiger partial charge is 0.277 e. The topological polar surface area (TPSA) is 78.4 Å². The molecule has 0 aliphatic carbocycles. The number of ether oxygens (including phenoxy) is 4. The van der Waals surface area contributed by atoms with Crippen LogP contribution in [0.5, 0.6) is 23.0 Å². The van der Waals surface area contributed by atoms with Crippen LogP contribution in [-0.4, -0.2) is 32.6 Å². The normalized spacial score (nSPS) is 12.2. The van der Waals surface area contributed by atoms with Crippen molar-refractivity contribution in [1.29, 1.82) is 0 Å². The lowest BCUT2D eigenvalue weighted by Crippen LogP contribution is -2.24.